The van der Waals surface area contributed by atoms with E-state index in [0.717, 1.165) is 34.6 Å². The molecule has 0 spiro atoms. The van der Waals surface area contributed by atoms with E-state index in [2.05, 4.69) is 34.0 Å². The number of aromatic nitrogens is 4. The Labute approximate surface area is 244 Å². The highest BCUT2D eigenvalue weighted by atomic mass is 19.1. The first-order valence-electron chi connectivity index (χ1n) is 14.2. The summed E-state index contributed by atoms with van der Waals surface area (Å²) in [6.45, 7) is 10.2. The molecule has 220 valence electrons. The predicted octanol–water partition coefficient (Wildman–Crippen LogP) is 3.90. The Hall–Kier alpha value is -4.09. The summed E-state index contributed by atoms with van der Waals surface area (Å²) in [6, 6.07) is 9.03. The maximum atomic E-state index is 15.5. The van der Waals surface area contributed by atoms with Crippen LogP contribution in [0.2, 0.25) is 0 Å². The monoisotopic (exact) mass is 572 g/mol. The molecule has 3 aromatic heterocycles. The number of benzene rings is 1. The van der Waals surface area contributed by atoms with E-state index >= 15 is 4.39 Å². The predicted molar refractivity (Wildman–Crippen MR) is 160 cm³/mol. The Kier molecular flexibility index (Phi) is 7.10. The maximum absolute atomic E-state index is 15.5. The summed E-state index contributed by atoms with van der Waals surface area (Å²) < 4.78 is 22.6. The van der Waals surface area contributed by atoms with Crippen LogP contribution >= 0.6 is 0 Å². The number of nitrogens with one attached hydrogen (secondary N) is 1. The molecule has 0 radical (unpaired) electrons. The van der Waals surface area contributed by atoms with Crippen molar-refractivity contribution in [3.63, 3.8) is 0 Å². The summed E-state index contributed by atoms with van der Waals surface area (Å²) in [5, 5.41) is 8.20. The molecule has 3 N–H and O–H groups in total. The minimum absolute atomic E-state index is 0.00772. The number of carbonyl (C=O) groups is 1. The zero-order valence-corrected chi connectivity index (χ0v) is 24.6. The van der Waals surface area contributed by atoms with E-state index < -0.39 is 0 Å². The van der Waals surface area contributed by atoms with Gasteiger partial charge in [-0.3, -0.25) is 9.78 Å². The average Bonchev–Trinajstić information content (AvgIpc) is 3.33. The molecule has 6 rings (SSSR count). The van der Waals surface area contributed by atoms with Crippen molar-refractivity contribution in [2.75, 3.05) is 43.6 Å². The van der Waals surface area contributed by atoms with Gasteiger partial charge in [-0.15, -0.1) is 0 Å². The number of hydrogen-bond acceptors (Lipinski definition) is 8. The van der Waals surface area contributed by atoms with Crippen molar-refractivity contribution in [2.45, 2.75) is 45.2 Å². The van der Waals surface area contributed by atoms with Crippen LogP contribution < -0.4 is 16.0 Å². The number of ether oxygens (including phenoxy) is 1. The van der Waals surface area contributed by atoms with Crippen molar-refractivity contribution in [3.8, 4) is 11.3 Å². The van der Waals surface area contributed by atoms with Crippen molar-refractivity contribution in [1.82, 2.24) is 24.5 Å². The second-order valence-corrected chi connectivity index (χ2v) is 12.0. The number of rotatable bonds is 6. The lowest BCUT2D eigenvalue weighted by Crippen LogP contribution is -2.62. The topological polar surface area (TPSA) is 114 Å². The third-order valence-corrected chi connectivity index (χ3v) is 8.76. The molecule has 1 aromatic carbocycles. The number of nitrogens with two attached hydrogens (primary N) is 1. The van der Waals surface area contributed by atoms with E-state index in [4.69, 9.17) is 15.6 Å². The number of anilines is 3. The molecule has 3 atom stereocenters. The molecular weight excluding hydrogens is 535 g/mol. The summed E-state index contributed by atoms with van der Waals surface area (Å²) >= 11 is 0. The van der Waals surface area contributed by atoms with Crippen LogP contribution in [0.4, 0.5) is 21.7 Å². The lowest BCUT2D eigenvalue weighted by atomic mass is 9.79. The molecule has 3 unspecified atom stereocenters. The van der Waals surface area contributed by atoms with Crippen LogP contribution in [0, 0.1) is 18.7 Å². The molecule has 0 bridgehead atoms. The first-order valence-corrected chi connectivity index (χ1v) is 14.2. The standard InChI is InChI=1S/C31H37FN8O2/c1-18-10-21(31(4)16-42-17-31)11-23(32)28(18)25-7-6-22-12-35-30(40(22)37-25)36-26-13-34-9-8-27(26)39-14-19(2)29(24(33)15-39)38(5)20(3)41/h6-13,19,24,29H,14-17,33H2,1-5H3,(H,35,36). The van der Waals surface area contributed by atoms with Crippen LogP contribution in [0.15, 0.2) is 48.9 Å². The Bertz CT molecular complexity index is 1620. The number of pyridine rings is 1. The van der Waals surface area contributed by atoms with Gasteiger partial charge in [0.1, 0.15) is 5.82 Å². The third-order valence-electron chi connectivity index (χ3n) is 8.76. The van der Waals surface area contributed by atoms with Crippen LogP contribution in [-0.2, 0) is 14.9 Å². The highest BCUT2D eigenvalue weighted by Crippen LogP contribution is 2.37. The number of hydrogen-bond donors (Lipinski definition) is 2. The molecule has 2 saturated heterocycles. The van der Waals surface area contributed by atoms with Crippen LogP contribution in [0.3, 0.4) is 0 Å². The van der Waals surface area contributed by atoms with Crippen molar-refractivity contribution in [1.29, 1.82) is 0 Å². The van der Waals surface area contributed by atoms with Crippen molar-refractivity contribution >= 4 is 28.7 Å². The normalized spacial score (nSPS) is 21.7. The zero-order valence-electron chi connectivity index (χ0n) is 24.6. The summed E-state index contributed by atoms with van der Waals surface area (Å²) in [7, 11) is 1.81. The number of piperidine rings is 1. The highest BCUT2D eigenvalue weighted by Gasteiger charge is 2.37. The van der Waals surface area contributed by atoms with Crippen molar-refractivity contribution < 1.29 is 13.9 Å². The Morgan fingerprint density at radius 3 is 2.67 bits per heavy atom. The van der Waals surface area contributed by atoms with Gasteiger partial charge in [0.2, 0.25) is 11.9 Å². The zero-order chi connectivity index (χ0) is 29.8. The Balaban J connectivity index is 1.30. The fourth-order valence-corrected chi connectivity index (χ4v) is 6.36. The van der Waals surface area contributed by atoms with Crippen LogP contribution in [0.1, 0.15) is 31.9 Å². The molecule has 0 saturated carbocycles. The molecule has 42 heavy (non-hydrogen) atoms. The van der Waals surface area contributed by atoms with E-state index in [-0.39, 0.29) is 35.1 Å². The lowest BCUT2D eigenvalue weighted by Gasteiger charge is -2.46. The molecular formula is C31H37FN8O2. The van der Waals surface area contributed by atoms with Gasteiger partial charge >= 0.3 is 0 Å². The SMILES string of the molecule is CC(=O)N(C)C1C(C)CN(c2ccncc2Nc2ncc3ccc(-c4c(C)cc(C5(C)COC5)cc4F)nn23)CC1N. The first-order chi connectivity index (χ1) is 20.1. The minimum atomic E-state index is -0.307. The highest BCUT2D eigenvalue weighted by molar-refractivity contribution is 5.75. The molecule has 2 fully saturated rings. The molecule has 1 amide bonds. The van der Waals surface area contributed by atoms with Gasteiger partial charge in [0.15, 0.2) is 0 Å². The van der Waals surface area contributed by atoms with Gasteiger partial charge in [-0.05, 0) is 48.2 Å². The number of aryl methyl sites for hydroxylation is 1. The van der Waals surface area contributed by atoms with Crippen LogP contribution in [0.25, 0.3) is 16.8 Å². The quantitative estimate of drug-likeness (QED) is 0.358. The van der Waals surface area contributed by atoms with E-state index in [1.54, 1.807) is 41.0 Å². The van der Waals surface area contributed by atoms with Gasteiger partial charge in [0.05, 0.1) is 54.2 Å². The van der Waals surface area contributed by atoms with Crippen LogP contribution in [0.5, 0.6) is 0 Å². The van der Waals surface area contributed by atoms with Crippen molar-refractivity contribution in [3.05, 3.63) is 65.9 Å². The number of carbonyl (C=O) groups excluding carboxylic acids is 1. The number of amides is 1. The van der Waals surface area contributed by atoms with Crippen LogP contribution in [-0.4, -0.2) is 75.8 Å². The van der Waals surface area contributed by atoms with Gasteiger partial charge in [0, 0.05) is 50.3 Å². The largest absolute Gasteiger partial charge is 0.379 e. The summed E-state index contributed by atoms with van der Waals surface area (Å²) in [5.41, 5.74) is 11.6. The first kappa shape index (κ1) is 28.0. The van der Waals surface area contributed by atoms with E-state index in [1.165, 1.54) is 0 Å². The van der Waals surface area contributed by atoms with Gasteiger partial charge in [-0.25, -0.2) is 9.37 Å². The number of likely N-dealkylation sites (N-methyl/N-ethyl adjacent to an activating group) is 1. The summed E-state index contributed by atoms with van der Waals surface area (Å²) in [5.74, 6) is 0.342. The summed E-state index contributed by atoms with van der Waals surface area (Å²) in [4.78, 5) is 24.9. The van der Waals surface area contributed by atoms with Gasteiger partial charge < -0.3 is 25.6 Å². The molecule has 4 aromatic rings. The number of fused-ring (bicyclic) bond motifs is 1. The molecule has 2 aliphatic rings. The van der Waals surface area contributed by atoms with Gasteiger partial charge in [0.25, 0.3) is 0 Å². The van der Waals surface area contributed by atoms with Crippen molar-refractivity contribution in [2.24, 2.45) is 11.7 Å². The third kappa shape index (κ3) is 4.86. The number of nitrogens with zero attached hydrogens (tertiary/aromatic N) is 6. The molecule has 5 heterocycles. The maximum Gasteiger partial charge on any atom is 0.229 e. The minimum Gasteiger partial charge on any atom is -0.379 e. The second-order valence-electron chi connectivity index (χ2n) is 12.0. The van der Waals surface area contributed by atoms with E-state index in [0.29, 0.717) is 37.0 Å². The molecule has 0 aliphatic carbocycles. The molecule has 2 aliphatic heterocycles. The Morgan fingerprint density at radius 2 is 2.00 bits per heavy atom. The molecule has 11 heteroatoms. The van der Waals surface area contributed by atoms with E-state index in [9.17, 15) is 4.79 Å². The smallest absolute Gasteiger partial charge is 0.229 e. The second kappa shape index (κ2) is 10.6. The van der Waals surface area contributed by atoms with Gasteiger partial charge in [-0.2, -0.15) is 9.61 Å². The number of halogens is 1. The lowest BCUT2D eigenvalue weighted by molar-refractivity contribution is -0.131. The average molecular weight is 573 g/mol. The Morgan fingerprint density at radius 1 is 1.21 bits per heavy atom. The van der Waals surface area contributed by atoms with Gasteiger partial charge in [-0.1, -0.05) is 19.9 Å². The molecule has 10 nitrogen and oxygen atoms in total. The van der Waals surface area contributed by atoms with E-state index in [1.807, 2.05) is 38.2 Å². The fourth-order valence-electron chi connectivity index (χ4n) is 6.36. The number of imidazole rings is 1. The summed E-state index contributed by atoms with van der Waals surface area (Å²) in [6.07, 6.45) is 5.22. The fraction of sp³-hybridized carbons (Fsp3) is 0.419.